The lowest BCUT2D eigenvalue weighted by atomic mass is 10.1. The molecule has 3 rings (SSSR count). The number of aryl methyl sites for hydroxylation is 1. The van der Waals surface area contributed by atoms with Gasteiger partial charge in [0.05, 0.1) is 35.5 Å². The van der Waals surface area contributed by atoms with Crippen LogP contribution in [0.1, 0.15) is 22.6 Å². The Morgan fingerprint density at radius 2 is 1.67 bits per heavy atom. The molecule has 0 aliphatic carbocycles. The second-order valence-electron chi connectivity index (χ2n) is 6.95. The Balaban J connectivity index is 2.01. The summed E-state index contributed by atoms with van der Waals surface area (Å²) in [5.41, 5.74) is 3.43. The molecule has 3 aromatic rings. The molecular weight excluding hydrogens is 456 g/mol. The van der Waals surface area contributed by atoms with E-state index in [1.54, 1.807) is 0 Å². The van der Waals surface area contributed by atoms with Crippen LogP contribution >= 0.6 is 0 Å². The molecule has 13 heteroatoms. The van der Waals surface area contributed by atoms with Gasteiger partial charge in [0, 0.05) is 12.5 Å². The number of pyridine rings is 1. The molecule has 2 heterocycles. The number of rotatable bonds is 7. The Kier molecular flexibility index (Phi) is 6.81. The van der Waals surface area contributed by atoms with E-state index in [4.69, 9.17) is 15.2 Å². The average Bonchev–Trinajstić information content (AvgIpc) is 2.70. The van der Waals surface area contributed by atoms with Gasteiger partial charge in [0.25, 0.3) is 0 Å². The van der Waals surface area contributed by atoms with Crippen LogP contribution in [0.2, 0.25) is 0 Å². The zero-order valence-electron chi connectivity index (χ0n) is 17.4. The number of ether oxygens (including phenoxy) is 2. The Morgan fingerprint density at radius 3 is 2.30 bits per heavy atom. The molecule has 0 unspecified atom stereocenters. The summed E-state index contributed by atoms with van der Waals surface area (Å²) in [6.45, 7) is 1.18. The first-order valence-electron chi connectivity index (χ1n) is 9.47. The van der Waals surface area contributed by atoms with Crippen LogP contribution in [0.15, 0.2) is 24.3 Å². The van der Waals surface area contributed by atoms with Crippen molar-refractivity contribution < 1.29 is 35.8 Å². The van der Waals surface area contributed by atoms with Crippen molar-refractivity contribution in [3.8, 4) is 5.75 Å². The Morgan fingerprint density at radius 1 is 0.939 bits per heavy atom. The molecule has 0 fully saturated rings. The molecule has 0 saturated carbocycles. The number of hydrogen-bond donors (Lipinski definition) is 2. The zero-order chi connectivity index (χ0) is 24.4. The molecule has 3 N–H and O–H groups in total. The smallest absolute Gasteiger partial charge is 0.420 e. The van der Waals surface area contributed by atoms with Crippen molar-refractivity contribution in [1.82, 2.24) is 15.0 Å². The number of benzene rings is 1. The van der Waals surface area contributed by atoms with Gasteiger partial charge in [-0.1, -0.05) is 0 Å². The molecule has 2 aromatic heterocycles. The molecule has 7 nitrogen and oxygen atoms in total. The lowest BCUT2D eigenvalue weighted by Crippen LogP contribution is -2.13. The van der Waals surface area contributed by atoms with E-state index in [0.717, 1.165) is 18.2 Å². The minimum Gasteiger partial charge on any atom is -0.491 e. The van der Waals surface area contributed by atoms with Crippen LogP contribution in [0.3, 0.4) is 0 Å². The van der Waals surface area contributed by atoms with Gasteiger partial charge in [-0.15, -0.1) is 0 Å². The summed E-state index contributed by atoms with van der Waals surface area (Å²) in [6.07, 6.45) is -9.32. The zero-order valence-corrected chi connectivity index (χ0v) is 17.4. The van der Waals surface area contributed by atoms with Gasteiger partial charge < -0.3 is 20.5 Å². The van der Waals surface area contributed by atoms with E-state index in [9.17, 15) is 26.3 Å². The van der Waals surface area contributed by atoms with Crippen LogP contribution in [0.5, 0.6) is 5.75 Å². The van der Waals surface area contributed by atoms with Crippen LogP contribution in [-0.2, 0) is 23.6 Å². The minimum absolute atomic E-state index is 0.0204. The quantitative estimate of drug-likeness (QED) is 0.381. The Hall–Kier alpha value is -3.35. The van der Waals surface area contributed by atoms with Gasteiger partial charge in [-0.3, -0.25) is 0 Å². The monoisotopic (exact) mass is 475 g/mol. The number of halogens is 6. The highest BCUT2D eigenvalue weighted by atomic mass is 19.4. The van der Waals surface area contributed by atoms with E-state index in [1.807, 2.05) is 0 Å². The van der Waals surface area contributed by atoms with Crippen molar-refractivity contribution in [3.05, 3.63) is 46.9 Å². The average molecular weight is 475 g/mol. The Labute approximate surface area is 183 Å². The normalized spacial score (nSPS) is 12.2. The van der Waals surface area contributed by atoms with E-state index >= 15 is 0 Å². The summed E-state index contributed by atoms with van der Waals surface area (Å²) < 4.78 is 89.8. The van der Waals surface area contributed by atoms with Crippen LogP contribution in [0.25, 0.3) is 10.9 Å². The predicted molar refractivity (Wildman–Crippen MR) is 108 cm³/mol. The number of nitrogens with two attached hydrogens (primary N) is 1. The van der Waals surface area contributed by atoms with E-state index in [1.165, 1.54) is 14.0 Å². The van der Waals surface area contributed by atoms with Crippen LogP contribution in [0.4, 0.5) is 38.0 Å². The van der Waals surface area contributed by atoms with Crippen LogP contribution < -0.4 is 15.8 Å². The summed E-state index contributed by atoms with van der Waals surface area (Å²) in [5.74, 6) is -0.527. The molecular formula is C20H19F6N5O2. The Bertz CT molecular complexity index is 1150. The van der Waals surface area contributed by atoms with Gasteiger partial charge in [-0.2, -0.15) is 26.3 Å². The maximum absolute atomic E-state index is 13.5. The van der Waals surface area contributed by atoms with Crippen molar-refractivity contribution in [2.24, 2.45) is 0 Å². The number of nitrogens with zero attached hydrogens (tertiary/aromatic N) is 3. The second-order valence-corrected chi connectivity index (χ2v) is 6.95. The largest absolute Gasteiger partial charge is 0.491 e. The van der Waals surface area contributed by atoms with Crippen LogP contribution in [0, 0.1) is 6.92 Å². The molecule has 33 heavy (non-hydrogen) atoms. The highest BCUT2D eigenvalue weighted by molar-refractivity contribution is 5.91. The molecule has 0 saturated heterocycles. The molecule has 0 radical (unpaired) electrons. The van der Waals surface area contributed by atoms with Crippen molar-refractivity contribution in [2.45, 2.75) is 25.8 Å². The number of methoxy groups -OCH3 is 1. The van der Waals surface area contributed by atoms with Gasteiger partial charge in [-0.05, 0) is 31.2 Å². The second kappa shape index (κ2) is 9.25. The number of hydrogen-bond acceptors (Lipinski definition) is 7. The third kappa shape index (κ3) is 5.92. The number of alkyl halides is 6. The maximum Gasteiger partial charge on any atom is 0.420 e. The topological polar surface area (TPSA) is 95.2 Å². The number of fused-ring (bicyclic) bond motifs is 1. The molecule has 0 spiro atoms. The molecule has 178 valence electrons. The maximum atomic E-state index is 13.5. The fourth-order valence-electron chi connectivity index (χ4n) is 3.02. The fraction of sp³-hybridized carbons (Fsp3) is 0.350. The number of aromatic nitrogens is 3. The van der Waals surface area contributed by atoms with Gasteiger partial charge in [0.2, 0.25) is 0 Å². The fourth-order valence-corrected chi connectivity index (χ4v) is 3.02. The predicted octanol–water partition coefficient (Wildman–Crippen LogP) is 4.59. The van der Waals surface area contributed by atoms with E-state index in [2.05, 4.69) is 20.3 Å². The molecule has 0 aliphatic rings. The highest BCUT2D eigenvalue weighted by Crippen LogP contribution is 2.40. The number of anilines is 2. The summed E-state index contributed by atoms with van der Waals surface area (Å²) in [6, 6.07) is 3.48. The van der Waals surface area contributed by atoms with Crippen molar-refractivity contribution in [3.63, 3.8) is 0 Å². The summed E-state index contributed by atoms with van der Waals surface area (Å²) >= 11 is 0. The third-order valence-corrected chi connectivity index (χ3v) is 4.42. The van der Waals surface area contributed by atoms with Crippen molar-refractivity contribution >= 4 is 22.5 Å². The standard InChI is InChI=1S/C20H19F6N5O2/c1-10-29-15-8-14(20(24,25)26)16(33-4-3-32-2)7-13(15)18(30-10)28-9-12-5-11(19(21,22)23)6-17(27)31-12/h5-8H,3-4,9H2,1-2H3,(H2,27,31)(H,28,29,30). The third-order valence-electron chi connectivity index (χ3n) is 4.42. The number of nitrogen functional groups attached to an aromatic ring is 1. The molecule has 0 amide bonds. The van der Waals surface area contributed by atoms with Gasteiger partial charge in [0.1, 0.15) is 29.8 Å². The molecule has 1 aromatic carbocycles. The van der Waals surface area contributed by atoms with Gasteiger partial charge in [0.15, 0.2) is 0 Å². The van der Waals surface area contributed by atoms with E-state index in [0.29, 0.717) is 6.07 Å². The summed E-state index contributed by atoms with van der Waals surface area (Å²) in [7, 11) is 1.38. The summed E-state index contributed by atoms with van der Waals surface area (Å²) in [5, 5.41) is 2.99. The highest BCUT2D eigenvalue weighted by Gasteiger charge is 2.35. The first-order chi connectivity index (χ1) is 15.4. The van der Waals surface area contributed by atoms with Crippen molar-refractivity contribution in [2.75, 3.05) is 31.4 Å². The first kappa shape index (κ1) is 24.3. The van der Waals surface area contributed by atoms with Crippen molar-refractivity contribution in [1.29, 1.82) is 0 Å². The van der Waals surface area contributed by atoms with E-state index in [-0.39, 0.29) is 53.8 Å². The van der Waals surface area contributed by atoms with Crippen LogP contribution in [-0.4, -0.2) is 35.3 Å². The molecule has 0 atom stereocenters. The lowest BCUT2D eigenvalue weighted by Gasteiger charge is -2.17. The van der Waals surface area contributed by atoms with E-state index < -0.39 is 29.2 Å². The first-order valence-corrected chi connectivity index (χ1v) is 9.47. The lowest BCUT2D eigenvalue weighted by molar-refractivity contribution is -0.139. The molecule has 0 aliphatic heterocycles. The summed E-state index contributed by atoms with van der Waals surface area (Å²) in [4.78, 5) is 12.1. The SMILES string of the molecule is COCCOc1cc2c(NCc3cc(C(F)(F)F)cc(N)n3)nc(C)nc2cc1C(F)(F)F. The minimum atomic E-state index is -4.71. The number of nitrogens with one attached hydrogen (secondary N) is 1. The van der Waals surface area contributed by atoms with Gasteiger partial charge >= 0.3 is 12.4 Å². The van der Waals surface area contributed by atoms with Gasteiger partial charge in [-0.25, -0.2) is 15.0 Å². The molecule has 0 bridgehead atoms.